The highest BCUT2D eigenvalue weighted by atomic mass is 35.5. The van der Waals surface area contributed by atoms with Crippen molar-refractivity contribution in [3.05, 3.63) is 61.1 Å². The molecule has 2 aromatic rings. The lowest BCUT2D eigenvalue weighted by Crippen LogP contribution is -2.09. The highest BCUT2D eigenvalue weighted by molar-refractivity contribution is 6.36. The number of methoxy groups -OCH3 is 1. The van der Waals surface area contributed by atoms with Crippen LogP contribution < -0.4 is 10.1 Å². The lowest BCUT2D eigenvalue weighted by Gasteiger charge is -2.12. The van der Waals surface area contributed by atoms with Crippen LogP contribution in [0.25, 0.3) is 0 Å². The van der Waals surface area contributed by atoms with Gasteiger partial charge in [-0.25, -0.2) is 4.79 Å². The Kier molecular flexibility index (Phi) is 5.03. The lowest BCUT2D eigenvalue weighted by molar-refractivity contribution is -0.393. The smallest absolute Gasteiger partial charge is 0.339 e. The van der Waals surface area contributed by atoms with Crippen molar-refractivity contribution in [3.8, 4) is 5.75 Å². The molecule has 0 saturated carbocycles. The number of anilines is 2. The molecule has 0 bridgehead atoms. The molecule has 11 heteroatoms. The van der Waals surface area contributed by atoms with Crippen molar-refractivity contribution in [3.63, 3.8) is 0 Å². The Hall–Kier alpha value is -3.40. The highest BCUT2D eigenvalue weighted by Gasteiger charge is 2.32. The summed E-state index contributed by atoms with van der Waals surface area (Å²) in [4.78, 5) is 31.8. The number of aromatic carboxylic acids is 1. The van der Waals surface area contributed by atoms with E-state index in [-0.39, 0.29) is 0 Å². The lowest BCUT2D eigenvalue weighted by atomic mass is 10.1. The molecule has 130 valence electrons. The molecular formula is C14H10ClN3O7. The second-order valence-corrected chi connectivity index (χ2v) is 5.03. The van der Waals surface area contributed by atoms with Gasteiger partial charge in [0.25, 0.3) is 5.69 Å². The van der Waals surface area contributed by atoms with Crippen LogP contribution in [0.5, 0.6) is 5.75 Å². The van der Waals surface area contributed by atoms with Crippen LogP contribution >= 0.6 is 11.6 Å². The molecule has 0 aliphatic carbocycles. The highest BCUT2D eigenvalue weighted by Crippen LogP contribution is 2.41. The fourth-order valence-corrected chi connectivity index (χ4v) is 2.35. The molecule has 0 atom stereocenters. The van der Waals surface area contributed by atoms with Gasteiger partial charge in [0.05, 0.1) is 23.0 Å². The van der Waals surface area contributed by atoms with E-state index in [2.05, 4.69) is 5.32 Å². The van der Waals surface area contributed by atoms with E-state index in [1.54, 1.807) is 12.1 Å². The molecule has 10 nitrogen and oxygen atoms in total. The number of nitro groups is 2. The topological polar surface area (TPSA) is 145 Å². The first-order chi connectivity index (χ1) is 11.8. The second-order valence-electron chi connectivity index (χ2n) is 4.65. The van der Waals surface area contributed by atoms with Gasteiger partial charge in [0.1, 0.15) is 22.0 Å². The van der Waals surface area contributed by atoms with Gasteiger partial charge in [-0.2, -0.15) is 0 Å². The number of benzene rings is 2. The van der Waals surface area contributed by atoms with E-state index in [1.807, 2.05) is 0 Å². The van der Waals surface area contributed by atoms with Gasteiger partial charge in [0.15, 0.2) is 0 Å². The van der Waals surface area contributed by atoms with E-state index >= 15 is 0 Å². The minimum absolute atomic E-state index is 0.302. The number of carboxylic acids is 1. The Bertz CT molecular complexity index is 868. The number of ether oxygens (including phenoxy) is 1. The number of nitrogens with one attached hydrogen (secondary N) is 1. The van der Waals surface area contributed by atoms with Crippen LogP contribution in [0.15, 0.2) is 30.3 Å². The van der Waals surface area contributed by atoms with Crippen molar-refractivity contribution >= 4 is 40.3 Å². The SMILES string of the molecule is COc1ccc(Nc2c([N+](=O)[O-])cc([N+](=O)[O-])c(Cl)c2C(=O)O)cc1. The van der Waals surface area contributed by atoms with Crippen LogP contribution in [-0.2, 0) is 0 Å². The van der Waals surface area contributed by atoms with Crippen LogP contribution in [0.2, 0.25) is 5.02 Å². The molecule has 0 unspecified atom stereocenters. The first kappa shape index (κ1) is 17.9. The maximum Gasteiger partial charge on any atom is 0.339 e. The molecular weight excluding hydrogens is 358 g/mol. The average Bonchev–Trinajstić information content (AvgIpc) is 2.54. The number of carbonyl (C=O) groups is 1. The van der Waals surface area contributed by atoms with Crippen LogP contribution in [0, 0.1) is 20.2 Å². The first-order valence-corrected chi connectivity index (χ1v) is 6.93. The zero-order valence-corrected chi connectivity index (χ0v) is 13.3. The minimum atomic E-state index is -1.65. The maximum absolute atomic E-state index is 11.5. The summed E-state index contributed by atoms with van der Waals surface area (Å²) in [6.45, 7) is 0. The van der Waals surface area contributed by atoms with E-state index in [9.17, 15) is 30.1 Å². The van der Waals surface area contributed by atoms with Crippen LogP contribution in [-0.4, -0.2) is 28.0 Å². The molecule has 2 rings (SSSR count). The third kappa shape index (κ3) is 3.58. The number of hydrogen-bond acceptors (Lipinski definition) is 7. The number of rotatable bonds is 6. The molecule has 0 aromatic heterocycles. The molecule has 0 aliphatic heterocycles. The summed E-state index contributed by atoms with van der Waals surface area (Å²) in [5.41, 5.74) is -2.58. The standard InChI is InChI=1S/C14H10ClN3O7/c1-25-8-4-2-7(3-5-8)16-13-10(18(23)24)6-9(17(21)22)12(15)11(13)14(19)20/h2-6,16H,1H3,(H,19,20). The second kappa shape index (κ2) is 7.01. The number of halogens is 1. The fourth-order valence-electron chi connectivity index (χ4n) is 2.05. The Morgan fingerprint density at radius 2 is 1.72 bits per heavy atom. The molecule has 0 amide bonds. The summed E-state index contributed by atoms with van der Waals surface area (Å²) in [6, 6.07) is 6.68. The van der Waals surface area contributed by atoms with Crippen molar-refractivity contribution in [1.82, 2.24) is 0 Å². The predicted molar refractivity (Wildman–Crippen MR) is 88.0 cm³/mol. The van der Waals surface area contributed by atoms with Gasteiger partial charge in [-0.05, 0) is 24.3 Å². The number of carboxylic acid groups (broad SMARTS) is 1. The van der Waals surface area contributed by atoms with Crippen molar-refractivity contribution in [2.45, 2.75) is 0 Å². The average molecular weight is 368 g/mol. The Labute approximate surface area is 144 Å². The number of hydrogen-bond donors (Lipinski definition) is 2. The van der Waals surface area contributed by atoms with E-state index in [4.69, 9.17) is 16.3 Å². The first-order valence-electron chi connectivity index (χ1n) is 6.56. The Morgan fingerprint density at radius 3 is 2.16 bits per heavy atom. The molecule has 2 N–H and O–H groups in total. The predicted octanol–water partition coefficient (Wildman–Crippen LogP) is 3.61. The summed E-state index contributed by atoms with van der Waals surface area (Å²) in [5.74, 6) is -1.13. The van der Waals surface area contributed by atoms with Gasteiger partial charge in [-0.15, -0.1) is 0 Å². The Morgan fingerprint density at radius 1 is 1.16 bits per heavy atom. The van der Waals surface area contributed by atoms with Crippen molar-refractivity contribution < 1.29 is 24.5 Å². The zero-order chi connectivity index (χ0) is 18.7. The molecule has 0 fully saturated rings. The van der Waals surface area contributed by atoms with Gasteiger partial charge in [0, 0.05) is 5.69 Å². The molecule has 0 radical (unpaired) electrons. The minimum Gasteiger partial charge on any atom is -0.497 e. The largest absolute Gasteiger partial charge is 0.497 e. The molecule has 0 aliphatic rings. The summed E-state index contributed by atoms with van der Waals surface area (Å²) in [7, 11) is 1.45. The van der Waals surface area contributed by atoms with Gasteiger partial charge in [-0.3, -0.25) is 20.2 Å². The van der Waals surface area contributed by atoms with E-state index < -0.39 is 43.5 Å². The number of nitrogens with zero attached hydrogens (tertiary/aromatic N) is 2. The zero-order valence-electron chi connectivity index (χ0n) is 12.6. The fraction of sp³-hybridized carbons (Fsp3) is 0.0714. The van der Waals surface area contributed by atoms with Gasteiger partial charge >= 0.3 is 11.7 Å². The molecule has 2 aromatic carbocycles. The summed E-state index contributed by atoms with van der Waals surface area (Å²) < 4.78 is 4.98. The normalized spacial score (nSPS) is 10.2. The maximum atomic E-state index is 11.5. The number of nitro benzene ring substituents is 2. The van der Waals surface area contributed by atoms with Crippen molar-refractivity contribution in [2.24, 2.45) is 0 Å². The van der Waals surface area contributed by atoms with E-state index in [0.29, 0.717) is 17.5 Å². The Balaban J connectivity index is 2.68. The molecule has 0 spiro atoms. The summed E-state index contributed by atoms with van der Waals surface area (Å²) in [5, 5.41) is 33.4. The van der Waals surface area contributed by atoms with Gasteiger partial charge in [-0.1, -0.05) is 11.6 Å². The van der Waals surface area contributed by atoms with Crippen LogP contribution in [0.4, 0.5) is 22.7 Å². The van der Waals surface area contributed by atoms with Crippen molar-refractivity contribution in [1.29, 1.82) is 0 Å². The van der Waals surface area contributed by atoms with Crippen molar-refractivity contribution in [2.75, 3.05) is 12.4 Å². The molecule has 0 heterocycles. The van der Waals surface area contributed by atoms with Crippen LogP contribution in [0.1, 0.15) is 10.4 Å². The third-order valence-electron chi connectivity index (χ3n) is 3.19. The summed E-state index contributed by atoms with van der Waals surface area (Å²) in [6.07, 6.45) is 0. The molecule has 0 saturated heterocycles. The van der Waals surface area contributed by atoms with E-state index in [1.165, 1.54) is 19.2 Å². The quantitative estimate of drug-likeness (QED) is 0.581. The van der Waals surface area contributed by atoms with Gasteiger partial charge < -0.3 is 15.2 Å². The van der Waals surface area contributed by atoms with E-state index in [0.717, 1.165) is 0 Å². The summed E-state index contributed by atoms with van der Waals surface area (Å²) >= 11 is 5.79. The van der Waals surface area contributed by atoms with Crippen LogP contribution in [0.3, 0.4) is 0 Å². The monoisotopic (exact) mass is 367 g/mol. The molecule has 25 heavy (non-hydrogen) atoms. The third-order valence-corrected chi connectivity index (χ3v) is 3.57. The van der Waals surface area contributed by atoms with Gasteiger partial charge in [0.2, 0.25) is 0 Å².